The first-order valence-corrected chi connectivity index (χ1v) is 7.33. The quantitative estimate of drug-likeness (QED) is 0.718. The van der Waals surface area contributed by atoms with Gasteiger partial charge in [0.2, 0.25) is 0 Å². The largest absolute Gasteiger partial charge is 0.469 e. The van der Waals surface area contributed by atoms with Crippen LogP contribution in [0.5, 0.6) is 0 Å². The van der Waals surface area contributed by atoms with Crippen LogP contribution in [0.25, 0.3) is 0 Å². The Kier molecular flexibility index (Phi) is 4.46. The van der Waals surface area contributed by atoms with Crippen molar-refractivity contribution in [2.24, 2.45) is 7.05 Å². The molecule has 8 nitrogen and oxygen atoms in total. The average molecular weight is 328 g/mol. The normalized spacial score (nSPS) is 10.5. The monoisotopic (exact) mass is 328 g/mol. The molecule has 124 valence electrons. The molecule has 0 radical (unpaired) electrons. The molecule has 0 aliphatic carbocycles. The lowest BCUT2D eigenvalue weighted by molar-refractivity contribution is 0.0946. The number of nitrogens with zero attached hydrogens (tertiary/aromatic N) is 2. The standard InChI is InChI=1S/C16H16N4O4/c1-20-14(18-16(22)13-5-3-9-24-13)10-12(19-20)15(21)17-7-6-11-4-2-8-23-11/h2-5,8-10H,6-7H2,1H3,(H,17,21)(H,18,22). The third kappa shape index (κ3) is 3.54. The van der Waals surface area contributed by atoms with Crippen LogP contribution in [0.15, 0.2) is 51.7 Å². The summed E-state index contributed by atoms with van der Waals surface area (Å²) in [6.07, 6.45) is 3.59. The van der Waals surface area contributed by atoms with E-state index in [-0.39, 0.29) is 17.4 Å². The van der Waals surface area contributed by atoms with Crippen molar-refractivity contribution in [2.75, 3.05) is 11.9 Å². The van der Waals surface area contributed by atoms with E-state index in [0.29, 0.717) is 18.8 Å². The molecule has 3 heterocycles. The zero-order valence-corrected chi connectivity index (χ0v) is 13.0. The maximum atomic E-state index is 12.1. The molecule has 0 fully saturated rings. The van der Waals surface area contributed by atoms with Crippen LogP contribution in [0.1, 0.15) is 26.8 Å². The molecule has 0 spiro atoms. The van der Waals surface area contributed by atoms with Gasteiger partial charge in [-0.05, 0) is 24.3 Å². The van der Waals surface area contributed by atoms with Crippen molar-refractivity contribution in [1.29, 1.82) is 0 Å². The van der Waals surface area contributed by atoms with Gasteiger partial charge in [-0.3, -0.25) is 14.3 Å². The summed E-state index contributed by atoms with van der Waals surface area (Å²) in [5.41, 5.74) is 0.215. The van der Waals surface area contributed by atoms with Crippen molar-refractivity contribution in [3.05, 3.63) is 60.1 Å². The Morgan fingerprint density at radius 2 is 1.96 bits per heavy atom. The number of amides is 2. The minimum absolute atomic E-state index is 0.181. The lowest BCUT2D eigenvalue weighted by atomic mass is 10.3. The zero-order chi connectivity index (χ0) is 16.9. The molecule has 3 aromatic heterocycles. The van der Waals surface area contributed by atoms with E-state index in [0.717, 1.165) is 5.76 Å². The molecule has 3 rings (SSSR count). The van der Waals surface area contributed by atoms with Crippen LogP contribution in [0, 0.1) is 0 Å². The van der Waals surface area contributed by atoms with Gasteiger partial charge < -0.3 is 19.5 Å². The molecule has 0 aromatic carbocycles. The predicted molar refractivity (Wildman–Crippen MR) is 84.6 cm³/mol. The summed E-state index contributed by atoms with van der Waals surface area (Å²) in [5.74, 6) is 0.638. The smallest absolute Gasteiger partial charge is 0.292 e. The van der Waals surface area contributed by atoms with Gasteiger partial charge in [0.1, 0.15) is 11.6 Å². The van der Waals surface area contributed by atoms with E-state index < -0.39 is 5.91 Å². The Morgan fingerprint density at radius 3 is 2.67 bits per heavy atom. The van der Waals surface area contributed by atoms with Crippen LogP contribution in [-0.2, 0) is 13.5 Å². The second-order valence-corrected chi connectivity index (χ2v) is 5.06. The van der Waals surface area contributed by atoms with Gasteiger partial charge in [-0.25, -0.2) is 0 Å². The fourth-order valence-corrected chi connectivity index (χ4v) is 2.13. The van der Waals surface area contributed by atoms with Crippen LogP contribution in [0.2, 0.25) is 0 Å². The maximum Gasteiger partial charge on any atom is 0.292 e. The summed E-state index contributed by atoms with van der Waals surface area (Å²) >= 11 is 0. The highest BCUT2D eigenvalue weighted by Crippen LogP contribution is 2.11. The van der Waals surface area contributed by atoms with Gasteiger partial charge in [0, 0.05) is 26.1 Å². The zero-order valence-electron chi connectivity index (χ0n) is 13.0. The van der Waals surface area contributed by atoms with E-state index in [9.17, 15) is 9.59 Å². The number of carbonyl (C=O) groups is 2. The van der Waals surface area contributed by atoms with Gasteiger partial charge in [-0.1, -0.05) is 0 Å². The average Bonchev–Trinajstić information content (AvgIpc) is 3.29. The van der Waals surface area contributed by atoms with Crippen molar-refractivity contribution < 1.29 is 18.4 Å². The van der Waals surface area contributed by atoms with Crippen LogP contribution in [0.4, 0.5) is 5.82 Å². The summed E-state index contributed by atoms with van der Waals surface area (Å²) in [6, 6.07) is 8.31. The fraction of sp³-hybridized carbons (Fsp3) is 0.188. The van der Waals surface area contributed by atoms with Crippen molar-refractivity contribution >= 4 is 17.6 Å². The van der Waals surface area contributed by atoms with Gasteiger partial charge in [-0.2, -0.15) is 5.10 Å². The maximum absolute atomic E-state index is 12.1. The number of nitrogens with one attached hydrogen (secondary N) is 2. The third-order valence-corrected chi connectivity index (χ3v) is 3.34. The minimum Gasteiger partial charge on any atom is -0.469 e. The van der Waals surface area contributed by atoms with Crippen molar-refractivity contribution in [3.8, 4) is 0 Å². The first kappa shape index (κ1) is 15.6. The fourth-order valence-electron chi connectivity index (χ4n) is 2.13. The van der Waals surface area contributed by atoms with Gasteiger partial charge >= 0.3 is 0 Å². The van der Waals surface area contributed by atoms with Gasteiger partial charge in [0.25, 0.3) is 11.8 Å². The molecule has 0 unspecified atom stereocenters. The number of furan rings is 2. The number of rotatable bonds is 6. The molecule has 0 aliphatic rings. The molecule has 8 heteroatoms. The van der Waals surface area contributed by atoms with Crippen LogP contribution < -0.4 is 10.6 Å². The molecule has 0 saturated heterocycles. The van der Waals surface area contributed by atoms with Crippen molar-refractivity contribution in [2.45, 2.75) is 6.42 Å². The highest BCUT2D eigenvalue weighted by molar-refractivity contribution is 6.02. The Bertz CT molecular complexity index is 819. The summed E-state index contributed by atoms with van der Waals surface area (Å²) in [6.45, 7) is 0.428. The van der Waals surface area contributed by atoms with Gasteiger partial charge in [-0.15, -0.1) is 0 Å². The molecule has 0 atom stereocenters. The highest BCUT2D eigenvalue weighted by Gasteiger charge is 2.16. The van der Waals surface area contributed by atoms with E-state index in [1.807, 2.05) is 6.07 Å². The van der Waals surface area contributed by atoms with Crippen LogP contribution >= 0.6 is 0 Å². The molecule has 0 aliphatic heterocycles. The molecule has 24 heavy (non-hydrogen) atoms. The topological polar surface area (TPSA) is 102 Å². The van der Waals surface area contributed by atoms with E-state index >= 15 is 0 Å². The van der Waals surface area contributed by atoms with Crippen LogP contribution in [-0.4, -0.2) is 28.1 Å². The summed E-state index contributed by atoms with van der Waals surface area (Å²) in [4.78, 5) is 24.1. The Labute approximate surface area is 137 Å². The van der Waals surface area contributed by atoms with Crippen LogP contribution in [0.3, 0.4) is 0 Å². The Hall–Kier alpha value is -3.29. The molecule has 0 bridgehead atoms. The summed E-state index contributed by atoms with van der Waals surface area (Å²) < 4.78 is 11.6. The molecular formula is C16H16N4O4. The van der Waals surface area contributed by atoms with Crippen molar-refractivity contribution in [1.82, 2.24) is 15.1 Å². The lowest BCUT2D eigenvalue weighted by Crippen LogP contribution is -2.26. The van der Waals surface area contributed by atoms with Gasteiger partial charge in [0.05, 0.1) is 12.5 Å². The first-order chi connectivity index (χ1) is 11.6. The third-order valence-electron chi connectivity index (χ3n) is 3.34. The van der Waals surface area contributed by atoms with E-state index in [4.69, 9.17) is 8.83 Å². The predicted octanol–water partition coefficient (Wildman–Crippen LogP) is 1.83. The van der Waals surface area contributed by atoms with Crippen molar-refractivity contribution in [3.63, 3.8) is 0 Å². The molecule has 2 N–H and O–H groups in total. The van der Waals surface area contributed by atoms with Gasteiger partial charge in [0.15, 0.2) is 11.5 Å². The number of aryl methyl sites for hydroxylation is 1. The second kappa shape index (κ2) is 6.86. The van der Waals surface area contributed by atoms with E-state index in [2.05, 4.69) is 15.7 Å². The van der Waals surface area contributed by atoms with E-state index in [1.54, 1.807) is 31.5 Å². The molecule has 3 aromatic rings. The highest BCUT2D eigenvalue weighted by atomic mass is 16.3. The summed E-state index contributed by atoms with van der Waals surface area (Å²) in [5, 5.41) is 9.49. The lowest BCUT2D eigenvalue weighted by Gasteiger charge is -2.01. The number of hydrogen-bond acceptors (Lipinski definition) is 5. The second-order valence-electron chi connectivity index (χ2n) is 5.06. The molecule has 2 amide bonds. The number of carbonyl (C=O) groups excluding carboxylic acids is 2. The number of hydrogen-bond donors (Lipinski definition) is 2. The van der Waals surface area contributed by atoms with E-state index in [1.165, 1.54) is 17.0 Å². The molecular weight excluding hydrogens is 312 g/mol. The molecule has 0 saturated carbocycles. The number of aromatic nitrogens is 2. The first-order valence-electron chi connectivity index (χ1n) is 7.33. The number of anilines is 1. The summed E-state index contributed by atoms with van der Waals surface area (Å²) in [7, 11) is 1.64. The Morgan fingerprint density at radius 1 is 1.17 bits per heavy atom. The SMILES string of the molecule is Cn1nc(C(=O)NCCc2ccco2)cc1NC(=O)c1ccco1. The Balaban J connectivity index is 1.58. The minimum atomic E-state index is -0.409.